The number of carbonyl (C=O) groups excluding carboxylic acids is 1. The number of methoxy groups -OCH3 is 1. The number of nitrogens with zero attached hydrogens (tertiary/aromatic N) is 4. The first kappa shape index (κ1) is 24.3. The molecule has 1 amide bonds. The number of hydrogen-bond donors (Lipinski definition) is 4. The first-order valence-electron chi connectivity index (χ1n) is 13.0. The normalized spacial score (nSPS) is 20.4. The molecular weight excluding hydrogens is 456 g/mol. The van der Waals surface area contributed by atoms with Crippen LogP contribution in [0.4, 0.5) is 11.8 Å². The Morgan fingerprint density at radius 3 is 2.53 bits per heavy atom. The van der Waals surface area contributed by atoms with Gasteiger partial charge in [-0.05, 0) is 62.8 Å². The number of hydrogen-bond acceptors (Lipinski definition) is 8. The van der Waals surface area contributed by atoms with Gasteiger partial charge in [0.15, 0.2) is 17.0 Å². The lowest BCUT2D eigenvalue weighted by Gasteiger charge is -2.27. The van der Waals surface area contributed by atoms with Gasteiger partial charge in [0, 0.05) is 36.8 Å². The van der Waals surface area contributed by atoms with Gasteiger partial charge in [0.1, 0.15) is 5.75 Å². The Morgan fingerprint density at radius 1 is 1.06 bits per heavy atom. The number of benzene rings is 1. The molecule has 0 saturated heterocycles. The zero-order valence-corrected chi connectivity index (χ0v) is 20.9. The lowest BCUT2D eigenvalue weighted by atomic mass is 9.92. The van der Waals surface area contributed by atoms with Crippen molar-refractivity contribution in [3.05, 3.63) is 36.2 Å². The molecule has 5 N–H and O–H groups in total. The summed E-state index contributed by atoms with van der Waals surface area (Å²) in [5, 5.41) is 9.87. The zero-order valence-electron chi connectivity index (χ0n) is 20.9. The highest BCUT2D eigenvalue weighted by Crippen LogP contribution is 2.33. The monoisotopic (exact) mass is 492 g/mol. The lowest BCUT2D eigenvalue weighted by molar-refractivity contribution is 0.0955. The van der Waals surface area contributed by atoms with Crippen LogP contribution in [0.25, 0.3) is 11.2 Å². The van der Waals surface area contributed by atoms with Crippen LogP contribution < -0.4 is 26.4 Å². The molecule has 10 nitrogen and oxygen atoms in total. The number of fused-ring (bicyclic) bond motifs is 1. The van der Waals surface area contributed by atoms with Gasteiger partial charge in [-0.25, -0.2) is 4.98 Å². The molecule has 1 aromatic carbocycles. The standard InChI is InChI=1S/C26H36N8O2/c1-36-21-12-6-17(7-13-21)25(35)29-15-14-28-23-22-24(34(16-30-22)20-4-2-3-5-20)33-26(32-23)31-19-10-8-18(27)9-11-19/h6-7,12-13,16,18-20H,2-5,8-11,14-15,27H2,1H3,(H,29,35)(H2,28,31,32,33). The fraction of sp³-hybridized carbons (Fsp3) is 0.538. The van der Waals surface area contributed by atoms with Gasteiger partial charge in [-0.15, -0.1) is 0 Å². The SMILES string of the molecule is COc1ccc(C(=O)NCCNc2nc(NC3CCC(N)CC3)nc3c2ncn3C2CCCC2)cc1. The number of nitrogens with two attached hydrogens (primary N) is 1. The second-order valence-electron chi connectivity index (χ2n) is 9.83. The summed E-state index contributed by atoms with van der Waals surface area (Å²) < 4.78 is 7.37. The van der Waals surface area contributed by atoms with Gasteiger partial charge < -0.3 is 31.0 Å². The molecule has 0 bridgehead atoms. The minimum Gasteiger partial charge on any atom is -0.497 e. The van der Waals surface area contributed by atoms with E-state index in [1.54, 1.807) is 31.4 Å². The van der Waals surface area contributed by atoms with Crippen LogP contribution in [0.3, 0.4) is 0 Å². The molecular formula is C26H36N8O2. The second kappa shape index (κ2) is 11.1. The predicted octanol–water partition coefficient (Wildman–Crippen LogP) is 3.47. The van der Waals surface area contributed by atoms with Crippen LogP contribution in [-0.4, -0.2) is 57.7 Å². The van der Waals surface area contributed by atoms with Crippen LogP contribution in [0.15, 0.2) is 30.6 Å². The van der Waals surface area contributed by atoms with Crippen molar-refractivity contribution in [3.63, 3.8) is 0 Å². The van der Waals surface area contributed by atoms with Crippen LogP contribution in [0, 0.1) is 0 Å². The Morgan fingerprint density at radius 2 is 1.81 bits per heavy atom. The van der Waals surface area contributed by atoms with Crippen molar-refractivity contribution in [1.82, 2.24) is 24.8 Å². The fourth-order valence-corrected chi connectivity index (χ4v) is 5.20. The molecule has 0 unspecified atom stereocenters. The third-order valence-electron chi connectivity index (χ3n) is 7.30. The van der Waals surface area contributed by atoms with Gasteiger partial charge in [-0.3, -0.25) is 4.79 Å². The van der Waals surface area contributed by atoms with Crippen LogP contribution in [0.1, 0.15) is 67.8 Å². The minimum atomic E-state index is -0.129. The van der Waals surface area contributed by atoms with E-state index in [2.05, 4.69) is 25.5 Å². The maximum atomic E-state index is 12.5. The molecule has 2 heterocycles. The smallest absolute Gasteiger partial charge is 0.251 e. The molecule has 0 atom stereocenters. The van der Waals surface area contributed by atoms with Gasteiger partial charge in [0.2, 0.25) is 5.95 Å². The van der Waals surface area contributed by atoms with E-state index in [1.165, 1.54) is 12.8 Å². The van der Waals surface area contributed by atoms with E-state index in [0.717, 1.165) is 55.4 Å². The molecule has 2 aliphatic carbocycles. The number of imidazole rings is 1. The fourth-order valence-electron chi connectivity index (χ4n) is 5.20. The van der Waals surface area contributed by atoms with E-state index in [-0.39, 0.29) is 5.91 Å². The molecule has 2 aliphatic rings. The summed E-state index contributed by atoms with van der Waals surface area (Å²) in [4.78, 5) is 26.8. The van der Waals surface area contributed by atoms with Crippen LogP contribution in [0.5, 0.6) is 5.75 Å². The number of anilines is 2. The van der Waals surface area contributed by atoms with E-state index in [1.807, 2.05) is 6.33 Å². The average molecular weight is 493 g/mol. The van der Waals surface area contributed by atoms with Gasteiger partial charge in [0.05, 0.1) is 13.4 Å². The molecule has 2 aromatic heterocycles. The summed E-state index contributed by atoms with van der Waals surface area (Å²) in [5.74, 6) is 1.90. The Kier molecular flexibility index (Phi) is 7.50. The minimum absolute atomic E-state index is 0.129. The summed E-state index contributed by atoms with van der Waals surface area (Å²) in [6, 6.07) is 8.10. The predicted molar refractivity (Wildman–Crippen MR) is 140 cm³/mol. The lowest BCUT2D eigenvalue weighted by Crippen LogP contribution is -2.33. The molecule has 0 radical (unpaired) electrons. The van der Waals surface area contributed by atoms with Gasteiger partial charge in [-0.2, -0.15) is 9.97 Å². The molecule has 2 fully saturated rings. The zero-order chi connectivity index (χ0) is 24.9. The largest absolute Gasteiger partial charge is 0.497 e. The maximum Gasteiger partial charge on any atom is 0.251 e. The Labute approximate surface area is 211 Å². The van der Waals surface area contributed by atoms with Gasteiger partial charge in [-0.1, -0.05) is 12.8 Å². The molecule has 10 heteroatoms. The summed E-state index contributed by atoms with van der Waals surface area (Å²) >= 11 is 0. The molecule has 36 heavy (non-hydrogen) atoms. The molecule has 3 aromatic rings. The van der Waals surface area contributed by atoms with Crippen molar-refractivity contribution in [2.75, 3.05) is 30.8 Å². The van der Waals surface area contributed by atoms with Gasteiger partial charge >= 0.3 is 0 Å². The Hall–Kier alpha value is -3.40. The summed E-state index contributed by atoms with van der Waals surface area (Å²) in [6.45, 7) is 0.963. The van der Waals surface area contributed by atoms with E-state index in [9.17, 15) is 4.79 Å². The first-order valence-corrected chi connectivity index (χ1v) is 13.0. The van der Waals surface area contributed by atoms with Crippen molar-refractivity contribution in [2.45, 2.75) is 69.5 Å². The van der Waals surface area contributed by atoms with Crippen molar-refractivity contribution < 1.29 is 9.53 Å². The maximum absolute atomic E-state index is 12.5. The van der Waals surface area contributed by atoms with Crippen molar-refractivity contribution in [1.29, 1.82) is 0 Å². The van der Waals surface area contributed by atoms with Crippen molar-refractivity contribution in [3.8, 4) is 5.75 Å². The number of aromatic nitrogens is 4. The third-order valence-corrected chi connectivity index (χ3v) is 7.30. The number of amides is 1. The Bertz CT molecular complexity index is 1160. The van der Waals surface area contributed by atoms with Crippen LogP contribution in [-0.2, 0) is 0 Å². The van der Waals surface area contributed by atoms with Crippen LogP contribution >= 0.6 is 0 Å². The number of ether oxygens (including phenoxy) is 1. The number of rotatable bonds is 9. The highest BCUT2D eigenvalue weighted by molar-refractivity contribution is 5.94. The van der Waals surface area contributed by atoms with Crippen molar-refractivity contribution >= 4 is 28.8 Å². The van der Waals surface area contributed by atoms with E-state index in [4.69, 9.17) is 20.4 Å². The molecule has 192 valence electrons. The molecule has 5 rings (SSSR count). The highest BCUT2D eigenvalue weighted by Gasteiger charge is 2.23. The number of nitrogens with one attached hydrogen (secondary N) is 3. The van der Waals surface area contributed by atoms with E-state index >= 15 is 0 Å². The van der Waals surface area contributed by atoms with Crippen molar-refractivity contribution in [2.24, 2.45) is 5.73 Å². The average Bonchev–Trinajstić information content (AvgIpc) is 3.58. The first-order chi connectivity index (χ1) is 17.6. The quantitative estimate of drug-likeness (QED) is 0.334. The molecule has 2 saturated carbocycles. The second-order valence-corrected chi connectivity index (χ2v) is 9.83. The topological polar surface area (TPSA) is 132 Å². The van der Waals surface area contributed by atoms with Crippen LogP contribution in [0.2, 0.25) is 0 Å². The van der Waals surface area contributed by atoms with E-state index in [0.29, 0.717) is 48.5 Å². The van der Waals surface area contributed by atoms with E-state index < -0.39 is 0 Å². The molecule has 0 spiro atoms. The summed E-state index contributed by atoms with van der Waals surface area (Å²) in [6.07, 6.45) is 10.7. The Balaban J connectivity index is 1.28. The van der Waals surface area contributed by atoms with Gasteiger partial charge in [0.25, 0.3) is 5.91 Å². The third kappa shape index (κ3) is 5.53. The summed E-state index contributed by atoms with van der Waals surface area (Å²) in [7, 11) is 1.60. The number of carbonyl (C=O) groups is 1. The highest BCUT2D eigenvalue weighted by atomic mass is 16.5. The summed E-state index contributed by atoms with van der Waals surface area (Å²) in [5.41, 5.74) is 8.30. The molecule has 0 aliphatic heterocycles.